The van der Waals surface area contributed by atoms with Crippen LogP contribution in [0.3, 0.4) is 0 Å². The number of carboxylic acid groups (broad SMARTS) is 1. The number of unbranched alkanes of at least 4 members (excludes halogenated alkanes) is 6. The van der Waals surface area contributed by atoms with Gasteiger partial charge < -0.3 is 14.7 Å². The molecule has 0 bridgehead atoms. The van der Waals surface area contributed by atoms with Crippen molar-refractivity contribution in [3.8, 4) is 5.75 Å². The summed E-state index contributed by atoms with van der Waals surface area (Å²) in [6, 6.07) is 14.4. The van der Waals surface area contributed by atoms with Gasteiger partial charge >= 0.3 is 5.97 Å². The van der Waals surface area contributed by atoms with Gasteiger partial charge in [0.15, 0.2) is 5.71 Å². The average Bonchev–Trinajstić information content (AvgIpc) is 3.16. The fraction of sp³-hybridized carbons (Fsp3) is 0.617. The fourth-order valence-corrected chi connectivity index (χ4v) is 9.58. The average molecular weight is 708 g/mol. The molecular formula is C47H67N2O3+. The number of rotatable bonds is 17. The van der Waals surface area contributed by atoms with Gasteiger partial charge in [0.25, 0.3) is 0 Å². The van der Waals surface area contributed by atoms with Gasteiger partial charge in [0.05, 0.1) is 12.0 Å². The van der Waals surface area contributed by atoms with Crippen LogP contribution in [-0.4, -0.2) is 53.1 Å². The van der Waals surface area contributed by atoms with Crippen molar-refractivity contribution in [3.05, 3.63) is 76.9 Å². The maximum absolute atomic E-state index is 12.7. The highest BCUT2D eigenvalue weighted by Gasteiger charge is 2.44. The quantitative estimate of drug-likeness (QED) is 0.131. The van der Waals surface area contributed by atoms with Crippen molar-refractivity contribution in [2.75, 3.05) is 31.1 Å². The molecule has 2 aromatic carbocycles. The van der Waals surface area contributed by atoms with Gasteiger partial charge in [0, 0.05) is 60.0 Å². The minimum atomic E-state index is -0.890. The summed E-state index contributed by atoms with van der Waals surface area (Å²) in [4.78, 5) is 15.3. The Morgan fingerprint density at radius 2 is 1.52 bits per heavy atom. The van der Waals surface area contributed by atoms with E-state index >= 15 is 0 Å². The van der Waals surface area contributed by atoms with E-state index in [-0.39, 0.29) is 0 Å². The predicted octanol–water partition coefficient (Wildman–Crippen LogP) is 11.9. The molecule has 0 saturated heterocycles. The first-order valence-electron chi connectivity index (χ1n) is 21.3. The summed E-state index contributed by atoms with van der Waals surface area (Å²) in [6.07, 6.45) is 28.9. The number of allylic oxidation sites excluding steroid dienone is 1. The summed E-state index contributed by atoms with van der Waals surface area (Å²) in [5.41, 5.74) is 6.22. The highest BCUT2D eigenvalue weighted by atomic mass is 16.5. The summed E-state index contributed by atoms with van der Waals surface area (Å²) < 4.78 is 9.98. The molecule has 52 heavy (non-hydrogen) atoms. The van der Waals surface area contributed by atoms with Gasteiger partial charge in [0.2, 0.25) is 0 Å². The van der Waals surface area contributed by atoms with Crippen LogP contribution in [-0.2, 0) is 0 Å². The van der Waals surface area contributed by atoms with E-state index in [2.05, 4.69) is 60.6 Å². The first-order valence-corrected chi connectivity index (χ1v) is 21.3. The molecule has 1 atom stereocenters. The number of ether oxygens (including phenoxy) is 1. The molecule has 1 N–H and O–H groups in total. The second-order valence-electron chi connectivity index (χ2n) is 16.7. The van der Waals surface area contributed by atoms with E-state index in [0.29, 0.717) is 5.56 Å². The van der Waals surface area contributed by atoms with Gasteiger partial charge in [-0.25, -0.2) is 9.37 Å². The highest BCUT2D eigenvalue weighted by Crippen LogP contribution is 2.49. The molecule has 3 aliphatic carbocycles. The zero-order chi connectivity index (χ0) is 36.3. The minimum Gasteiger partial charge on any atom is -0.482 e. The lowest BCUT2D eigenvalue weighted by Crippen LogP contribution is -2.44. The molecule has 1 unspecified atom stereocenters. The topological polar surface area (TPSA) is 52.8 Å². The van der Waals surface area contributed by atoms with Gasteiger partial charge in [-0.05, 0) is 81.2 Å². The van der Waals surface area contributed by atoms with Crippen LogP contribution < -0.4 is 9.64 Å². The molecule has 2 aromatic rings. The van der Waals surface area contributed by atoms with E-state index in [1.165, 1.54) is 127 Å². The smallest absolute Gasteiger partial charge is 0.336 e. The van der Waals surface area contributed by atoms with Crippen molar-refractivity contribution in [3.63, 3.8) is 0 Å². The van der Waals surface area contributed by atoms with Crippen LogP contribution in [0, 0.1) is 11.8 Å². The van der Waals surface area contributed by atoms with Crippen LogP contribution in [0.2, 0.25) is 0 Å². The van der Waals surface area contributed by atoms with Gasteiger partial charge in [-0.1, -0.05) is 103 Å². The zero-order valence-corrected chi connectivity index (χ0v) is 32.8. The molecule has 1 heterocycles. The number of anilines is 1. The third-order valence-corrected chi connectivity index (χ3v) is 12.5. The summed E-state index contributed by atoms with van der Waals surface area (Å²) in [7, 11) is 0. The van der Waals surface area contributed by atoms with Gasteiger partial charge in [-0.3, -0.25) is 0 Å². The van der Waals surface area contributed by atoms with Gasteiger partial charge in [0.1, 0.15) is 24.4 Å². The van der Waals surface area contributed by atoms with Crippen molar-refractivity contribution >= 4 is 22.9 Å². The normalized spacial score (nSPS) is 21.8. The Morgan fingerprint density at radius 3 is 2.23 bits per heavy atom. The van der Waals surface area contributed by atoms with Crippen molar-refractivity contribution in [2.24, 2.45) is 11.8 Å². The SMILES string of the molecule is CCCCCCN(CC1CCCCC1)c1ccc2c(c1)OC1(C)C/C(=[N+](\CCCCCC)CC3CCCCC3)C=CC1=C2c1ccccc1C(=O)O. The number of fused-ring (bicyclic) bond motifs is 2. The fourth-order valence-electron chi connectivity index (χ4n) is 9.58. The molecule has 1 aliphatic heterocycles. The Labute approximate surface area is 315 Å². The molecule has 2 fully saturated rings. The Hall–Kier alpha value is -3.34. The van der Waals surface area contributed by atoms with Crippen LogP contribution in [0.5, 0.6) is 5.75 Å². The van der Waals surface area contributed by atoms with Crippen LogP contribution in [0.25, 0.3) is 5.57 Å². The lowest BCUT2D eigenvalue weighted by Gasteiger charge is -2.41. The Morgan fingerprint density at radius 1 is 0.827 bits per heavy atom. The Bertz CT molecular complexity index is 1590. The van der Waals surface area contributed by atoms with E-state index in [1.807, 2.05) is 18.2 Å². The number of nitrogens with zero attached hydrogens (tertiary/aromatic N) is 2. The summed E-state index contributed by atoms with van der Waals surface area (Å²) in [5.74, 6) is 1.50. The maximum Gasteiger partial charge on any atom is 0.336 e. The number of carbonyl (C=O) groups is 1. The number of aromatic carboxylic acids is 1. The van der Waals surface area contributed by atoms with E-state index in [4.69, 9.17) is 4.74 Å². The van der Waals surface area contributed by atoms with E-state index in [0.717, 1.165) is 72.5 Å². The lowest BCUT2D eigenvalue weighted by molar-refractivity contribution is -0.537. The van der Waals surface area contributed by atoms with E-state index < -0.39 is 11.6 Å². The largest absolute Gasteiger partial charge is 0.482 e. The third-order valence-electron chi connectivity index (χ3n) is 12.5. The maximum atomic E-state index is 12.7. The molecule has 0 radical (unpaired) electrons. The minimum absolute atomic E-state index is 0.345. The van der Waals surface area contributed by atoms with Crippen LogP contribution in [0.15, 0.2) is 60.2 Å². The van der Waals surface area contributed by atoms with E-state index in [9.17, 15) is 9.90 Å². The summed E-state index contributed by atoms with van der Waals surface area (Å²) >= 11 is 0. The lowest BCUT2D eigenvalue weighted by atomic mass is 9.75. The first kappa shape index (κ1) is 38.4. The second-order valence-corrected chi connectivity index (χ2v) is 16.7. The second kappa shape index (κ2) is 18.6. The number of hydrogen-bond acceptors (Lipinski definition) is 3. The highest BCUT2D eigenvalue weighted by molar-refractivity contribution is 6.02. The molecule has 5 heteroatoms. The Kier molecular flexibility index (Phi) is 13.7. The molecule has 2 saturated carbocycles. The molecule has 4 aliphatic rings. The third kappa shape index (κ3) is 9.41. The molecular weight excluding hydrogens is 641 g/mol. The number of hydrogen-bond donors (Lipinski definition) is 1. The van der Waals surface area contributed by atoms with Crippen LogP contribution in [0.4, 0.5) is 5.69 Å². The molecule has 0 amide bonds. The van der Waals surface area contributed by atoms with Crippen molar-refractivity contribution < 1.29 is 19.2 Å². The van der Waals surface area contributed by atoms with Gasteiger partial charge in [-0.15, -0.1) is 0 Å². The molecule has 0 spiro atoms. The van der Waals surface area contributed by atoms with Crippen molar-refractivity contribution in [1.29, 1.82) is 0 Å². The van der Waals surface area contributed by atoms with Crippen molar-refractivity contribution in [2.45, 2.75) is 148 Å². The van der Waals surface area contributed by atoms with E-state index in [1.54, 1.807) is 6.07 Å². The number of carboxylic acids is 1. The van der Waals surface area contributed by atoms with Crippen LogP contribution in [0.1, 0.15) is 164 Å². The zero-order valence-electron chi connectivity index (χ0n) is 32.8. The number of benzene rings is 2. The first-order chi connectivity index (χ1) is 25.4. The van der Waals surface area contributed by atoms with Gasteiger partial charge in [-0.2, -0.15) is 0 Å². The predicted molar refractivity (Wildman–Crippen MR) is 217 cm³/mol. The molecule has 282 valence electrons. The monoisotopic (exact) mass is 708 g/mol. The molecule has 6 rings (SSSR count). The van der Waals surface area contributed by atoms with Crippen LogP contribution >= 0.6 is 0 Å². The standard InChI is InChI=1S/C47H66N2O3/c1-4-6-8-18-30-48(34-36-20-12-10-13-21-36)38-26-28-42-44(32-38)52-47(3)33-39(49(31-19-9-7-5-2)35-37-22-14-11-15-23-37)27-29-43(47)45(42)40-24-16-17-25-41(40)46(50)51/h16-17,24-29,32,36-37H,4-15,18-23,30-31,33-35H2,1-3H3/p+1. The molecule has 5 nitrogen and oxygen atoms in total. The summed E-state index contributed by atoms with van der Waals surface area (Å²) in [5, 5.41) is 10.4. The molecule has 0 aromatic heterocycles. The van der Waals surface area contributed by atoms with Crippen molar-refractivity contribution in [1.82, 2.24) is 0 Å². The Balaban J connectivity index is 1.42. The summed E-state index contributed by atoms with van der Waals surface area (Å²) in [6.45, 7) is 11.2.